The van der Waals surface area contributed by atoms with Gasteiger partial charge in [0.25, 0.3) is 0 Å². The molecule has 0 spiro atoms. The summed E-state index contributed by atoms with van der Waals surface area (Å²) >= 11 is 5.41. The minimum Gasteiger partial charge on any atom is -0.507 e. The van der Waals surface area contributed by atoms with E-state index in [1.807, 2.05) is 43.3 Å². The smallest absolute Gasteiger partial charge is 0.216 e. The monoisotopic (exact) mass is 422 g/mol. The van der Waals surface area contributed by atoms with E-state index in [0.29, 0.717) is 16.3 Å². The molecule has 0 radical (unpaired) electrons. The minimum absolute atomic E-state index is 0.202. The Bertz CT molecular complexity index is 1120. The molecule has 0 atom stereocenters. The van der Waals surface area contributed by atoms with Gasteiger partial charge in [-0.1, -0.05) is 65.8 Å². The van der Waals surface area contributed by atoms with Gasteiger partial charge in [0.1, 0.15) is 5.75 Å². The van der Waals surface area contributed by atoms with Crippen LogP contribution in [0.4, 0.5) is 0 Å². The Kier molecular flexibility index (Phi) is 5.74. The molecule has 2 N–H and O–H groups in total. The molecule has 0 saturated heterocycles. The fourth-order valence-corrected chi connectivity index (χ4v) is 3.58. The third-order valence-corrected chi connectivity index (χ3v) is 5.37. The van der Waals surface area contributed by atoms with Crippen LogP contribution in [0.3, 0.4) is 0 Å². The number of phenols is 1. The van der Waals surface area contributed by atoms with Crippen LogP contribution < -0.4 is 0 Å². The van der Waals surface area contributed by atoms with Crippen molar-refractivity contribution in [2.24, 2.45) is 5.10 Å². The number of nitrogens with zero attached hydrogens (tertiary/aromatic N) is 3. The highest BCUT2D eigenvalue weighted by molar-refractivity contribution is 7.71. The predicted molar refractivity (Wildman–Crippen MR) is 126 cm³/mol. The van der Waals surface area contributed by atoms with Crippen molar-refractivity contribution in [3.8, 4) is 17.1 Å². The summed E-state index contributed by atoms with van der Waals surface area (Å²) in [6.45, 7) is 14.6. The van der Waals surface area contributed by atoms with Crippen molar-refractivity contribution in [3.05, 3.63) is 63.4 Å². The first-order valence-corrected chi connectivity index (χ1v) is 10.5. The first-order valence-electron chi connectivity index (χ1n) is 10.1. The van der Waals surface area contributed by atoms with Crippen LogP contribution in [0.5, 0.6) is 5.75 Å². The highest BCUT2D eigenvalue weighted by atomic mass is 32.1. The number of hydrogen-bond donors (Lipinski definition) is 2. The fourth-order valence-electron chi connectivity index (χ4n) is 3.40. The molecular formula is C24H30N4OS. The van der Waals surface area contributed by atoms with Crippen LogP contribution in [0.1, 0.15) is 63.8 Å². The number of benzene rings is 2. The van der Waals surface area contributed by atoms with E-state index < -0.39 is 0 Å². The molecule has 3 rings (SSSR count). The Morgan fingerprint density at radius 2 is 1.60 bits per heavy atom. The standard InChI is InChI=1S/C24H30N4OS/c1-15-10-8-9-11-17(15)21-26-27-22(30)28(21)25-14-16-12-18(23(2,3)4)20(29)19(13-16)24(5,6)7/h8-14,29H,1-7H3,(H,27,30)/b25-14+. The molecule has 0 saturated carbocycles. The third kappa shape index (κ3) is 4.38. The second-order valence-electron chi connectivity index (χ2n) is 9.69. The molecule has 0 fully saturated rings. The molecule has 158 valence electrons. The molecule has 3 aromatic rings. The number of phenolic OH excluding ortho intramolecular Hbond substituents is 1. The molecule has 5 nitrogen and oxygen atoms in total. The van der Waals surface area contributed by atoms with Crippen molar-refractivity contribution in [2.75, 3.05) is 0 Å². The van der Waals surface area contributed by atoms with Gasteiger partial charge in [-0.15, -0.1) is 0 Å². The Morgan fingerprint density at radius 1 is 1.03 bits per heavy atom. The lowest BCUT2D eigenvalue weighted by Gasteiger charge is -2.27. The topological polar surface area (TPSA) is 66.2 Å². The lowest BCUT2D eigenvalue weighted by Crippen LogP contribution is -2.18. The maximum absolute atomic E-state index is 10.9. The van der Waals surface area contributed by atoms with Gasteiger partial charge < -0.3 is 5.11 Å². The molecule has 1 aromatic heterocycles. The van der Waals surface area contributed by atoms with E-state index in [4.69, 9.17) is 12.2 Å². The van der Waals surface area contributed by atoms with Gasteiger partial charge in [0.2, 0.25) is 4.77 Å². The van der Waals surface area contributed by atoms with Crippen LogP contribution in [0.25, 0.3) is 11.4 Å². The number of aromatic hydroxyl groups is 1. The molecule has 0 aliphatic rings. The SMILES string of the molecule is Cc1ccccc1-c1n[nH]c(=S)n1/N=C/c1cc(C(C)(C)C)c(O)c(C(C)(C)C)c1. The number of aryl methyl sites for hydroxylation is 1. The summed E-state index contributed by atoms with van der Waals surface area (Å²) in [4.78, 5) is 0. The maximum atomic E-state index is 10.9. The number of aromatic amines is 1. The Hall–Kier alpha value is -2.73. The van der Waals surface area contributed by atoms with E-state index in [1.165, 1.54) is 0 Å². The summed E-state index contributed by atoms with van der Waals surface area (Å²) in [5, 5.41) is 22.8. The first kappa shape index (κ1) is 22.0. The van der Waals surface area contributed by atoms with Crippen molar-refractivity contribution in [2.45, 2.75) is 59.3 Å². The maximum Gasteiger partial charge on any atom is 0.216 e. The molecule has 0 amide bonds. The van der Waals surface area contributed by atoms with E-state index in [0.717, 1.165) is 27.8 Å². The van der Waals surface area contributed by atoms with Gasteiger partial charge in [-0.2, -0.15) is 14.9 Å². The van der Waals surface area contributed by atoms with Crippen molar-refractivity contribution in [1.29, 1.82) is 0 Å². The molecule has 1 heterocycles. The third-order valence-electron chi connectivity index (χ3n) is 5.11. The summed E-state index contributed by atoms with van der Waals surface area (Å²) in [7, 11) is 0. The highest BCUT2D eigenvalue weighted by Gasteiger charge is 2.26. The molecule has 0 aliphatic heterocycles. The lowest BCUT2D eigenvalue weighted by atomic mass is 9.78. The van der Waals surface area contributed by atoms with Gasteiger partial charge in [-0.3, -0.25) is 0 Å². The average molecular weight is 423 g/mol. The second kappa shape index (κ2) is 7.84. The van der Waals surface area contributed by atoms with Crippen LogP contribution in [0, 0.1) is 11.7 Å². The Balaban J connectivity index is 2.13. The van der Waals surface area contributed by atoms with Gasteiger partial charge in [0.15, 0.2) is 5.82 Å². The van der Waals surface area contributed by atoms with E-state index in [2.05, 4.69) is 56.8 Å². The van der Waals surface area contributed by atoms with Crippen LogP contribution >= 0.6 is 12.2 Å². The van der Waals surface area contributed by atoms with Crippen molar-refractivity contribution < 1.29 is 5.11 Å². The second-order valence-corrected chi connectivity index (χ2v) is 10.1. The predicted octanol–water partition coefficient (Wildman–Crippen LogP) is 6.10. The summed E-state index contributed by atoms with van der Waals surface area (Å²) in [6, 6.07) is 12.0. The quantitative estimate of drug-likeness (QED) is 0.396. The highest BCUT2D eigenvalue weighted by Crippen LogP contribution is 2.39. The summed E-state index contributed by atoms with van der Waals surface area (Å²) in [5.41, 5.74) is 4.36. The zero-order valence-electron chi connectivity index (χ0n) is 18.7. The van der Waals surface area contributed by atoms with E-state index in [9.17, 15) is 5.11 Å². The van der Waals surface area contributed by atoms with Gasteiger partial charge >= 0.3 is 0 Å². The summed E-state index contributed by atoms with van der Waals surface area (Å²) < 4.78 is 2.06. The number of aromatic nitrogens is 3. The number of rotatable bonds is 3. The number of hydrogen-bond acceptors (Lipinski definition) is 4. The normalized spacial score (nSPS) is 12.6. The lowest BCUT2D eigenvalue weighted by molar-refractivity contribution is 0.423. The molecule has 0 unspecified atom stereocenters. The van der Waals surface area contributed by atoms with Crippen molar-refractivity contribution in [3.63, 3.8) is 0 Å². The first-order chi connectivity index (χ1) is 13.9. The number of nitrogens with one attached hydrogen (secondary N) is 1. The van der Waals surface area contributed by atoms with E-state index >= 15 is 0 Å². The summed E-state index contributed by atoms with van der Waals surface area (Å²) in [5.74, 6) is 1.02. The van der Waals surface area contributed by atoms with Crippen molar-refractivity contribution >= 4 is 18.4 Å². The molecule has 30 heavy (non-hydrogen) atoms. The molecular weight excluding hydrogens is 392 g/mol. The average Bonchev–Trinajstić information content (AvgIpc) is 2.99. The van der Waals surface area contributed by atoms with Gasteiger partial charge in [-0.25, -0.2) is 5.10 Å². The fraction of sp³-hybridized carbons (Fsp3) is 0.375. The zero-order valence-corrected chi connectivity index (χ0v) is 19.6. The van der Waals surface area contributed by atoms with E-state index in [-0.39, 0.29) is 10.8 Å². The summed E-state index contributed by atoms with van der Waals surface area (Å²) in [6.07, 6.45) is 1.77. The van der Waals surface area contributed by atoms with Gasteiger partial charge in [-0.05, 0) is 53.2 Å². The molecule has 6 heteroatoms. The Labute approximate surface area is 183 Å². The van der Waals surface area contributed by atoms with E-state index in [1.54, 1.807) is 10.9 Å². The van der Waals surface area contributed by atoms with Crippen LogP contribution in [-0.4, -0.2) is 26.2 Å². The molecule has 0 aliphatic carbocycles. The molecule has 0 bridgehead atoms. The zero-order chi connectivity index (χ0) is 22.3. The largest absolute Gasteiger partial charge is 0.507 e. The molecule has 2 aromatic carbocycles. The van der Waals surface area contributed by atoms with Crippen LogP contribution in [0.15, 0.2) is 41.5 Å². The number of H-pyrrole nitrogens is 1. The van der Waals surface area contributed by atoms with Crippen LogP contribution in [0.2, 0.25) is 0 Å². The van der Waals surface area contributed by atoms with Crippen LogP contribution in [-0.2, 0) is 10.8 Å². The van der Waals surface area contributed by atoms with Gasteiger partial charge in [0, 0.05) is 16.7 Å². The van der Waals surface area contributed by atoms with Gasteiger partial charge in [0.05, 0.1) is 6.21 Å². The minimum atomic E-state index is -0.202. The van der Waals surface area contributed by atoms with Crippen molar-refractivity contribution in [1.82, 2.24) is 14.9 Å². The Morgan fingerprint density at radius 3 is 2.13 bits per heavy atom.